The SMILES string of the molecule is O=c1c2ccccc2nc(-c2ccccc2)n1N=Cc1cc(Cl)cc([N+](=O)[O-])c1OCc1ccc(Cl)cc1. The third-order valence-electron chi connectivity index (χ3n) is 5.65. The van der Waals surface area contributed by atoms with E-state index in [1.807, 2.05) is 30.3 Å². The molecule has 0 aliphatic carbocycles. The van der Waals surface area contributed by atoms with Crippen LogP contribution in [0.25, 0.3) is 22.3 Å². The molecular weight excluding hydrogens is 527 g/mol. The van der Waals surface area contributed by atoms with Crippen LogP contribution < -0.4 is 10.3 Å². The van der Waals surface area contributed by atoms with Crippen molar-refractivity contribution in [2.45, 2.75) is 6.61 Å². The second-order valence-electron chi connectivity index (χ2n) is 8.20. The molecule has 0 N–H and O–H groups in total. The van der Waals surface area contributed by atoms with Crippen LogP contribution in [-0.2, 0) is 6.61 Å². The minimum absolute atomic E-state index is 0.0349. The molecule has 0 fully saturated rings. The van der Waals surface area contributed by atoms with E-state index in [1.54, 1.807) is 48.5 Å². The van der Waals surface area contributed by atoms with Crippen molar-refractivity contribution in [3.63, 3.8) is 0 Å². The third-order valence-corrected chi connectivity index (χ3v) is 6.12. The van der Waals surface area contributed by atoms with Gasteiger partial charge in [-0.2, -0.15) is 9.78 Å². The molecule has 4 aromatic carbocycles. The highest BCUT2D eigenvalue weighted by atomic mass is 35.5. The molecule has 0 radical (unpaired) electrons. The number of benzene rings is 4. The van der Waals surface area contributed by atoms with Gasteiger partial charge in [0.1, 0.15) is 6.61 Å². The molecule has 0 atom stereocenters. The highest BCUT2D eigenvalue weighted by molar-refractivity contribution is 6.31. The van der Waals surface area contributed by atoms with Gasteiger partial charge >= 0.3 is 5.69 Å². The average molecular weight is 545 g/mol. The predicted octanol–water partition coefficient (Wildman–Crippen LogP) is 6.74. The number of ether oxygens (including phenoxy) is 1. The van der Waals surface area contributed by atoms with Crippen molar-refractivity contribution in [1.29, 1.82) is 0 Å². The largest absolute Gasteiger partial charge is 0.481 e. The molecule has 0 amide bonds. The zero-order valence-electron chi connectivity index (χ0n) is 19.6. The molecule has 8 nitrogen and oxygen atoms in total. The van der Waals surface area contributed by atoms with E-state index in [9.17, 15) is 14.9 Å². The smallest absolute Gasteiger partial charge is 0.313 e. The summed E-state index contributed by atoms with van der Waals surface area (Å²) in [6.07, 6.45) is 1.31. The zero-order valence-corrected chi connectivity index (χ0v) is 21.1. The lowest BCUT2D eigenvalue weighted by molar-refractivity contribution is -0.385. The van der Waals surface area contributed by atoms with Crippen LogP contribution in [0.3, 0.4) is 0 Å². The molecule has 0 bridgehead atoms. The number of nitro benzene ring substituents is 1. The first kappa shape index (κ1) is 25.1. The van der Waals surface area contributed by atoms with E-state index in [0.717, 1.165) is 10.2 Å². The van der Waals surface area contributed by atoms with Crippen LogP contribution in [0.1, 0.15) is 11.1 Å². The number of halogens is 2. The summed E-state index contributed by atoms with van der Waals surface area (Å²) >= 11 is 12.2. The second kappa shape index (κ2) is 10.8. The predicted molar refractivity (Wildman–Crippen MR) is 148 cm³/mol. The lowest BCUT2D eigenvalue weighted by Crippen LogP contribution is -2.20. The number of para-hydroxylation sites is 1. The molecule has 0 unspecified atom stereocenters. The Kier molecular flexibility index (Phi) is 7.17. The first-order valence-corrected chi connectivity index (χ1v) is 12.1. The fraction of sp³-hybridized carbons (Fsp3) is 0.0357. The van der Waals surface area contributed by atoms with Crippen LogP contribution in [0, 0.1) is 10.1 Å². The van der Waals surface area contributed by atoms with Gasteiger partial charge in [0, 0.05) is 27.2 Å². The molecule has 0 spiro atoms. The molecule has 1 aromatic heterocycles. The van der Waals surface area contributed by atoms with Gasteiger partial charge in [-0.1, -0.05) is 77.8 Å². The Labute approximate surface area is 226 Å². The Morgan fingerprint density at radius 3 is 2.39 bits per heavy atom. The maximum Gasteiger partial charge on any atom is 0.313 e. The van der Waals surface area contributed by atoms with Gasteiger partial charge in [0.2, 0.25) is 5.75 Å². The van der Waals surface area contributed by atoms with Gasteiger partial charge in [-0.3, -0.25) is 14.9 Å². The van der Waals surface area contributed by atoms with Crippen LogP contribution >= 0.6 is 23.2 Å². The molecule has 188 valence electrons. The standard InChI is InChI=1S/C28H18Cl2N4O4/c29-21-12-10-18(11-13-21)17-38-26-20(14-22(30)15-25(26)34(36)37)16-31-33-27(19-6-2-1-3-7-19)32-24-9-5-4-8-23(24)28(33)35/h1-16H,17H2. The van der Waals surface area contributed by atoms with Crippen molar-refractivity contribution in [3.8, 4) is 17.1 Å². The van der Waals surface area contributed by atoms with Crippen molar-refractivity contribution >= 4 is 46.0 Å². The first-order chi connectivity index (χ1) is 18.4. The number of rotatable bonds is 7. The van der Waals surface area contributed by atoms with Crippen LogP contribution in [0.4, 0.5) is 5.69 Å². The van der Waals surface area contributed by atoms with Gasteiger partial charge < -0.3 is 4.74 Å². The number of hydrogen-bond donors (Lipinski definition) is 0. The van der Waals surface area contributed by atoms with Gasteiger partial charge in [-0.15, -0.1) is 0 Å². The van der Waals surface area contributed by atoms with Gasteiger partial charge in [0.05, 0.1) is 22.0 Å². The summed E-state index contributed by atoms with van der Waals surface area (Å²) < 4.78 is 7.04. The normalized spacial score (nSPS) is 11.2. The fourth-order valence-electron chi connectivity index (χ4n) is 3.85. The molecule has 1 heterocycles. The first-order valence-electron chi connectivity index (χ1n) is 11.4. The Balaban J connectivity index is 1.63. The van der Waals surface area contributed by atoms with Crippen molar-refractivity contribution < 1.29 is 9.66 Å². The van der Waals surface area contributed by atoms with Crippen molar-refractivity contribution in [1.82, 2.24) is 9.66 Å². The third kappa shape index (κ3) is 5.27. The number of hydrogen-bond acceptors (Lipinski definition) is 6. The van der Waals surface area contributed by atoms with Crippen LogP contribution in [0.15, 0.2) is 101 Å². The van der Waals surface area contributed by atoms with Crippen LogP contribution in [0.5, 0.6) is 5.75 Å². The van der Waals surface area contributed by atoms with Crippen molar-refractivity contribution in [3.05, 3.63) is 133 Å². The second-order valence-corrected chi connectivity index (χ2v) is 9.07. The minimum atomic E-state index is -0.584. The summed E-state index contributed by atoms with van der Waals surface area (Å²) in [5.74, 6) is 0.270. The summed E-state index contributed by atoms with van der Waals surface area (Å²) in [6.45, 7) is 0.0349. The van der Waals surface area contributed by atoms with Gasteiger partial charge in [-0.05, 0) is 35.9 Å². The topological polar surface area (TPSA) is 99.6 Å². The monoisotopic (exact) mass is 544 g/mol. The van der Waals surface area contributed by atoms with Crippen LogP contribution in [-0.4, -0.2) is 20.8 Å². The van der Waals surface area contributed by atoms with Crippen LogP contribution in [0.2, 0.25) is 10.0 Å². The molecular formula is C28H18Cl2N4O4. The molecule has 0 saturated heterocycles. The van der Waals surface area contributed by atoms with E-state index in [4.69, 9.17) is 27.9 Å². The molecule has 5 rings (SSSR count). The van der Waals surface area contributed by atoms with E-state index >= 15 is 0 Å². The van der Waals surface area contributed by atoms with E-state index in [0.29, 0.717) is 27.3 Å². The van der Waals surface area contributed by atoms with Crippen molar-refractivity contribution in [2.75, 3.05) is 0 Å². The van der Waals surface area contributed by atoms with E-state index in [1.165, 1.54) is 18.3 Å². The molecule has 10 heteroatoms. The summed E-state index contributed by atoms with van der Waals surface area (Å²) in [6, 6.07) is 25.7. The lowest BCUT2D eigenvalue weighted by Gasteiger charge is -2.12. The lowest BCUT2D eigenvalue weighted by atomic mass is 10.1. The summed E-state index contributed by atoms with van der Waals surface area (Å²) in [5.41, 5.74) is 1.43. The van der Waals surface area contributed by atoms with E-state index in [2.05, 4.69) is 10.1 Å². The zero-order chi connectivity index (χ0) is 26.6. The average Bonchev–Trinajstić information content (AvgIpc) is 2.93. The Bertz CT molecular complexity index is 1740. The highest BCUT2D eigenvalue weighted by Gasteiger charge is 2.21. The van der Waals surface area contributed by atoms with E-state index in [-0.39, 0.29) is 28.6 Å². The molecule has 0 aliphatic heterocycles. The maximum absolute atomic E-state index is 13.4. The summed E-state index contributed by atoms with van der Waals surface area (Å²) in [7, 11) is 0. The fourth-order valence-corrected chi connectivity index (χ4v) is 4.20. The summed E-state index contributed by atoms with van der Waals surface area (Å²) in [4.78, 5) is 29.4. The number of nitrogens with zero attached hydrogens (tertiary/aromatic N) is 4. The highest BCUT2D eigenvalue weighted by Crippen LogP contribution is 2.34. The van der Waals surface area contributed by atoms with E-state index < -0.39 is 10.5 Å². The molecule has 38 heavy (non-hydrogen) atoms. The molecule has 5 aromatic rings. The number of fused-ring (bicyclic) bond motifs is 1. The Hall–Kier alpha value is -4.53. The molecule has 0 saturated carbocycles. The van der Waals surface area contributed by atoms with Gasteiger partial charge in [0.25, 0.3) is 5.56 Å². The minimum Gasteiger partial charge on any atom is -0.481 e. The quantitative estimate of drug-likeness (QED) is 0.128. The Morgan fingerprint density at radius 2 is 1.66 bits per heavy atom. The molecule has 0 aliphatic rings. The number of aromatic nitrogens is 2. The van der Waals surface area contributed by atoms with Gasteiger partial charge in [0.15, 0.2) is 5.82 Å². The Morgan fingerprint density at radius 1 is 0.947 bits per heavy atom. The summed E-state index contributed by atoms with van der Waals surface area (Å²) in [5, 5.41) is 17.3. The maximum atomic E-state index is 13.4. The number of nitro groups is 1. The van der Waals surface area contributed by atoms with Crippen molar-refractivity contribution in [2.24, 2.45) is 5.10 Å². The van der Waals surface area contributed by atoms with Gasteiger partial charge in [-0.25, -0.2) is 4.98 Å².